The zero-order valence-electron chi connectivity index (χ0n) is 13.5. The van der Waals surface area contributed by atoms with E-state index < -0.39 is 0 Å². The van der Waals surface area contributed by atoms with Gasteiger partial charge in [-0.05, 0) is 30.0 Å². The molecule has 0 fully saturated rings. The fourth-order valence-corrected chi connectivity index (χ4v) is 2.29. The van der Waals surface area contributed by atoms with Crippen LogP contribution in [-0.2, 0) is 12.0 Å². The summed E-state index contributed by atoms with van der Waals surface area (Å²) in [6.45, 7) is 9.24. The van der Waals surface area contributed by atoms with Gasteiger partial charge in [-0.2, -0.15) is 0 Å². The first kappa shape index (κ1) is 15.4. The van der Waals surface area contributed by atoms with Crippen molar-refractivity contribution in [1.82, 2.24) is 4.98 Å². The van der Waals surface area contributed by atoms with Gasteiger partial charge in [0.15, 0.2) is 0 Å². The van der Waals surface area contributed by atoms with Gasteiger partial charge in [-0.15, -0.1) is 0 Å². The first-order chi connectivity index (χ1) is 9.91. The van der Waals surface area contributed by atoms with Gasteiger partial charge in [0.05, 0.1) is 0 Å². The van der Waals surface area contributed by atoms with Crippen molar-refractivity contribution in [3.8, 4) is 5.75 Å². The van der Waals surface area contributed by atoms with E-state index in [2.05, 4.69) is 56.2 Å². The summed E-state index contributed by atoms with van der Waals surface area (Å²) in [6, 6.07) is 10.3. The third-order valence-corrected chi connectivity index (χ3v) is 3.45. The van der Waals surface area contributed by atoms with Gasteiger partial charge in [0.1, 0.15) is 18.2 Å². The second-order valence-electron chi connectivity index (χ2n) is 6.30. The smallest absolute Gasteiger partial charge is 0.132 e. The Hall–Kier alpha value is -2.03. The number of nitrogens with zero attached hydrogens (tertiary/aromatic N) is 1. The van der Waals surface area contributed by atoms with Crippen LogP contribution in [0.4, 0.5) is 5.82 Å². The van der Waals surface area contributed by atoms with Crippen molar-refractivity contribution in [3.63, 3.8) is 0 Å². The van der Waals surface area contributed by atoms with Crippen LogP contribution in [0.25, 0.3) is 0 Å². The fraction of sp³-hybridized carbons (Fsp3) is 0.389. The Bertz CT molecular complexity index is 615. The predicted molar refractivity (Wildman–Crippen MR) is 88.0 cm³/mol. The van der Waals surface area contributed by atoms with Crippen LogP contribution in [0, 0.1) is 6.92 Å². The minimum atomic E-state index is 0.0577. The summed E-state index contributed by atoms with van der Waals surface area (Å²) in [5.74, 6) is 1.81. The molecule has 0 bridgehead atoms. The Balaban J connectivity index is 2.24. The third-order valence-electron chi connectivity index (χ3n) is 3.45. The first-order valence-electron chi connectivity index (χ1n) is 7.27. The second kappa shape index (κ2) is 6.17. The fourth-order valence-electron chi connectivity index (χ4n) is 2.29. The van der Waals surface area contributed by atoms with Crippen LogP contribution < -0.4 is 10.1 Å². The van der Waals surface area contributed by atoms with Gasteiger partial charge in [-0.1, -0.05) is 44.5 Å². The molecule has 0 aliphatic carbocycles. The van der Waals surface area contributed by atoms with Gasteiger partial charge in [0.25, 0.3) is 0 Å². The molecule has 1 heterocycles. The lowest BCUT2D eigenvalue weighted by molar-refractivity contribution is 0.297. The Morgan fingerprint density at radius 2 is 1.95 bits per heavy atom. The highest BCUT2D eigenvalue weighted by molar-refractivity contribution is 5.44. The second-order valence-corrected chi connectivity index (χ2v) is 6.30. The molecule has 0 saturated carbocycles. The van der Waals surface area contributed by atoms with Gasteiger partial charge in [-0.3, -0.25) is 0 Å². The lowest BCUT2D eigenvalue weighted by Gasteiger charge is -2.23. The van der Waals surface area contributed by atoms with Gasteiger partial charge in [0.2, 0.25) is 0 Å². The first-order valence-corrected chi connectivity index (χ1v) is 7.27. The molecule has 0 aliphatic heterocycles. The topological polar surface area (TPSA) is 34.2 Å². The van der Waals surface area contributed by atoms with Crippen molar-refractivity contribution in [2.45, 2.75) is 39.7 Å². The van der Waals surface area contributed by atoms with Gasteiger partial charge in [0, 0.05) is 18.8 Å². The summed E-state index contributed by atoms with van der Waals surface area (Å²) in [5, 5.41) is 3.09. The molecular weight excluding hydrogens is 260 g/mol. The van der Waals surface area contributed by atoms with E-state index in [0.717, 1.165) is 17.1 Å². The number of pyridine rings is 1. The van der Waals surface area contributed by atoms with Crippen LogP contribution in [0.2, 0.25) is 0 Å². The molecule has 112 valence electrons. The molecule has 0 spiro atoms. The number of rotatable bonds is 4. The van der Waals surface area contributed by atoms with E-state index in [9.17, 15) is 0 Å². The number of hydrogen-bond acceptors (Lipinski definition) is 3. The van der Waals surface area contributed by atoms with Crippen LogP contribution in [0.5, 0.6) is 5.75 Å². The Labute approximate surface area is 127 Å². The monoisotopic (exact) mass is 284 g/mol. The molecule has 3 nitrogen and oxygen atoms in total. The van der Waals surface area contributed by atoms with E-state index in [0.29, 0.717) is 6.61 Å². The summed E-state index contributed by atoms with van der Waals surface area (Å²) in [4.78, 5) is 4.30. The number of anilines is 1. The van der Waals surface area contributed by atoms with E-state index in [1.54, 1.807) is 6.20 Å². The van der Waals surface area contributed by atoms with Crippen molar-refractivity contribution < 1.29 is 4.74 Å². The normalized spacial score (nSPS) is 11.3. The summed E-state index contributed by atoms with van der Waals surface area (Å²) >= 11 is 0. The number of ether oxygens (including phenoxy) is 1. The van der Waals surface area contributed by atoms with Crippen molar-refractivity contribution >= 4 is 5.82 Å². The van der Waals surface area contributed by atoms with Crippen molar-refractivity contribution in [1.29, 1.82) is 0 Å². The third kappa shape index (κ3) is 3.75. The standard InChI is InChI=1S/C18H24N2O/c1-13-8-9-16(15(11-13)18(2,3)4)21-12-14-7-6-10-20-17(14)19-5/h6-11H,12H2,1-5H3,(H,19,20). The Kier molecular flexibility index (Phi) is 4.51. The quantitative estimate of drug-likeness (QED) is 0.908. The zero-order valence-corrected chi connectivity index (χ0v) is 13.5. The number of aromatic nitrogens is 1. The van der Waals surface area contributed by atoms with E-state index >= 15 is 0 Å². The van der Waals surface area contributed by atoms with Gasteiger partial charge >= 0.3 is 0 Å². The van der Waals surface area contributed by atoms with E-state index in [1.807, 2.05) is 19.2 Å². The number of benzene rings is 1. The average Bonchev–Trinajstić information content (AvgIpc) is 2.45. The molecular formula is C18H24N2O. The molecule has 2 rings (SSSR count). The molecule has 0 amide bonds. The zero-order chi connectivity index (χ0) is 15.5. The number of hydrogen-bond donors (Lipinski definition) is 1. The van der Waals surface area contributed by atoms with Crippen LogP contribution in [-0.4, -0.2) is 12.0 Å². The summed E-state index contributed by atoms with van der Waals surface area (Å²) in [5.41, 5.74) is 3.60. The Morgan fingerprint density at radius 3 is 2.62 bits per heavy atom. The molecule has 0 unspecified atom stereocenters. The molecule has 0 aliphatic rings. The van der Waals surface area contributed by atoms with Crippen molar-refractivity contribution in [2.75, 3.05) is 12.4 Å². The highest BCUT2D eigenvalue weighted by Crippen LogP contribution is 2.32. The van der Waals surface area contributed by atoms with Crippen molar-refractivity contribution in [3.05, 3.63) is 53.2 Å². The molecule has 3 heteroatoms. The predicted octanol–water partition coefficient (Wildman–Crippen LogP) is 4.31. The number of nitrogens with one attached hydrogen (secondary N) is 1. The van der Waals surface area contributed by atoms with Gasteiger partial charge in [-0.25, -0.2) is 4.98 Å². The molecule has 0 atom stereocenters. The van der Waals surface area contributed by atoms with E-state index in [-0.39, 0.29) is 5.41 Å². The minimum absolute atomic E-state index is 0.0577. The van der Waals surface area contributed by atoms with Crippen molar-refractivity contribution in [2.24, 2.45) is 0 Å². The SMILES string of the molecule is CNc1ncccc1COc1ccc(C)cc1C(C)(C)C. The molecule has 0 radical (unpaired) electrons. The maximum absolute atomic E-state index is 6.07. The largest absolute Gasteiger partial charge is 0.488 e. The van der Waals surface area contributed by atoms with Crippen LogP contribution in [0.3, 0.4) is 0 Å². The van der Waals surface area contributed by atoms with Gasteiger partial charge < -0.3 is 10.1 Å². The highest BCUT2D eigenvalue weighted by atomic mass is 16.5. The molecule has 2 aromatic rings. The lowest BCUT2D eigenvalue weighted by atomic mass is 9.85. The lowest BCUT2D eigenvalue weighted by Crippen LogP contribution is -2.14. The van der Waals surface area contributed by atoms with E-state index in [4.69, 9.17) is 4.74 Å². The summed E-state index contributed by atoms with van der Waals surface area (Å²) < 4.78 is 6.07. The maximum atomic E-state index is 6.07. The Morgan fingerprint density at radius 1 is 1.19 bits per heavy atom. The minimum Gasteiger partial charge on any atom is -0.488 e. The highest BCUT2D eigenvalue weighted by Gasteiger charge is 2.19. The van der Waals surface area contributed by atoms with Crippen LogP contribution in [0.15, 0.2) is 36.5 Å². The molecule has 1 aromatic heterocycles. The summed E-state index contributed by atoms with van der Waals surface area (Å²) in [7, 11) is 1.87. The van der Waals surface area contributed by atoms with E-state index in [1.165, 1.54) is 11.1 Å². The average molecular weight is 284 g/mol. The number of aryl methyl sites for hydroxylation is 1. The maximum Gasteiger partial charge on any atom is 0.132 e. The molecule has 0 saturated heterocycles. The molecule has 1 aromatic carbocycles. The molecule has 1 N–H and O–H groups in total. The summed E-state index contributed by atoms with van der Waals surface area (Å²) in [6.07, 6.45) is 1.78. The van der Waals surface area contributed by atoms with Crippen LogP contribution in [0.1, 0.15) is 37.5 Å². The van der Waals surface area contributed by atoms with Crippen LogP contribution >= 0.6 is 0 Å². The molecule has 21 heavy (non-hydrogen) atoms.